The maximum Gasteiger partial charge on any atom is 0.184 e. The van der Waals surface area contributed by atoms with Gasteiger partial charge >= 0.3 is 0 Å². The van der Waals surface area contributed by atoms with Gasteiger partial charge in [-0.05, 0) is 86.1 Å². The molecule has 0 atom stereocenters. The van der Waals surface area contributed by atoms with E-state index in [4.69, 9.17) is 0 Å². The number of hydrogen-bond acceptors (Lipinski definition) is 2. The van der Waals surface area contributed by atoms with E-state index in [9.17, 15) is 9.59 Å². The number of unbranched alkanes of at least 4 members (excludes halogenated alkanes) is 2. The highest BCUT2D eigenvalue weighted by atomic mass is 16.1. The number of carbonyl (C=O) groups is 2. The second kappa shape index (κ2) is 8.23. The highest BCUT2D eigenvalue weighted by Crippen LogP contribution is 2.30. The Balaban J connectivity index is 2.44. The molecule has 0 amide bonds. The van der Waals surface area contributed by atoms with Crippen molar-refractivity contribution in [3.63, 3.8) is 0 Å². The minimum absolute atomic E-state index is 0.163. The molecule has 0 radical (unpaired) electrons. The summed E-state index contributed by atoms with van der Waals surface area (Å²) in [6.45, 7) is 8.04. The summed E-state index contributed by atoms with van der Waals surface area (Å²) in [7, 11) is 0. The van der Waals surface area contributed by atoms with Gasteiger partial charge in [-0.1, -0.05) is 26.7 Å². The van der Waals surface area contributed by atoms with Gasteiger partial charge in [0.05, 0.1) is 0 Å². The summed E-state index contributed by atoms with van der Waals surface area (Å²) in [5, 5.41) is 0. The molecule has 0 unspecified atom stereocenters. The molecule has 2 aliphatic rings. The van der Waals surface area contributed by atoms with Crippen LogP contribution in [0.1, 0.15) is 66.2 Å². The summed E-state index contributed by atoms with van der Waals surface area (Å²) < 4.78 is 0. The Labute approximate surface area is 145 Å². The van der Waals surface area contributed by atoms with Crippen LogP contribution in [0.4, 0.5) is 0 Å². The fraction of sp³-hybridized carbons (Fsp3) is 0.455. The van der Waals surface area contributed by atoms with Gasteiger partial charge in [-0.2, -0.15) is 0 Å². The first-order valence-electron chi connectivity index (χ1n) is 9.09. The van der Waals surface area contributed by atoms with Gasteiger partial charge in [0.15, 0.2) is 11.6 Å². The third kappa shape index (κ3) is 4.11. The van der Waals surface area contributed by atoms with Crippen LogP contribution in [0.2, 0.25) is 0 Å². The smallest absolute Gasteiger partial charge is 0.184 e. The van der Waals surface area contributed by atoms with Crippen LogP contribution in [0.15, 0.2) is 57.7 Å². The molecule has 0 spiro atoms. The third-order valence-corrected chi connectivity index (χ3v) is 4.64. The quantitative estimate of drug-likeness (QED) is 0.639. The Hall–Kier alpha value is -1.96. The first kappa shape index (κ1) is 18.4. The first-order valence-corrected chi connectivity index (χ1v) is 9.09. The lowest BCUT2D eigenvalue weighted by Crippen LogP contribution is -2.12. The van der Waals surface area contributed by atoms with E-state index in [-0.39, 0.29) is 11.6 Å². The van der Waals surface area contributed by atoms with Crippen molar-refractivity contribution < 1.29 is 9.59 Å². The molecule has 2 aliphatic carbocycles. The van der Waals surface area contributed by atoms with E-state index < -0.39 is 0 Å². The van der Waals surface area contributed by atoms with Gasteiger partial charge in [-0.25, -0.2) is 0 Å². The van der Waals surface area contributed by atoms with Crippen LogP contribution in [-0.2, 0) is 9.59 Å². The lowest BCUT2D eigenvalue weighted by molar-refractivity contribution is -0.113. The summed E-state index contributed by atoms with van der Waals surface area (Å²) in [5.74, 6) is 0.325. The maximum absolute atomic E-state index is 12.3. The van der Waals surface area contributed by atoms with E-state index in [1.165, 1.54) is 0 Å². The van der Waals surface area contributed by atoms with E-state index >= 15 is 0 Å². The SMILES string of the molecule is CCCCC1=C/C(=C2/C=C(C)C(=O)C(CCCC)=C2)C=C(C)C1=O. The van der Waals surface area contributed by atoms with Crippen molar-refractivity contribution in [2.24, 2.45) is 0 Å². The molecule has 0 heterocycles. The van der Waals surface area contributed by atoms with E-state index in [1.807, 2.05) is 38.2 Å². The molecular formula is C22H28O2. The molecule has 128 valence electrons. The van der Waals surface area contributed by atoms with Crippen LogP contribution in [0, 0.1) is 0 Å². The average Bonchev–Trinajstić information content (AvgIpc) is 2.57. The highest BCUT2D eigenvalue weighted by molar-refractivity contribution is 6.11. The molecule has 0 bridgehead atoms. The monoisotopic (exact) mass is 324 g/mol. The van der Waals surface area contributed by atoms with E-state index in [0.29, 0.717) is 0 Å². The first-order chi connectivity index (χ1) is 11.5. The third-order valence-electron chi connectivity index (χ3n) is 4.64. The molecule has 24 heavy (non-hydrogen) atoms. The molecule has 0 saturated heterocycles. The van der Waals surface area contributed by atoms with E-state index in [0.717, 1.165) is 72.0 Å². The molecule has 2 nitrogen and oxygen atoms in total. The fourth-order valence-corrected chi connectivity index (χ4v) is 3.13. The largest absolute Gasteiger partial charge is 0.289 e. The number of ketones is 2. The molecule has 2 rings (SSSR count). The van der Waals surface area contributed by atoms with Gasteiger partial charge in [0.2, 0.25) is 0 Å². The molecule has 0 aromatic rings. The van der Waals surface area contributed by atoms with Crippen LogP contribution in [0.5, 0.6) is 0 Å². The van der Waals surface area contributed by atoms with Crippen molar-refractivity contribution in [3.8, 4) is 0 Å². The highest BCUT2D eigenvalue weighted by Gasteiger charge is 2.21. The number of hydrogen-bond donors (Lipinski definition) is 0. The minimum atomic E-state index is 0.163. The van der Waals surface area contributed by atoms with Gasteiger partial charge < -0.3 is 0 Å². The number of Topliss-reactive ketones (excluding diaryl/α,β-unsaturated/α-hetero) is 2. The van der Waals surface area contributed by atoms with Crippen molar-refractivity contribution in [1.82, 2.24) is 0 Å². The van der Waals surface area contributed by atoms with Crippen LogP contribution < -0.4 is 0 Å². The number of rotatable bonds is 6. The Morgan fingerprint density at radius 3 is 1.38 bits per heavy atom. The van der Waals surface area contributed by atoms with Crippen molar-refractivity contribution >= 4 is 11.6 Å². The van der Waals surface area contributed by atoms with Crippen LogP contribution in [0.3, 0.4) is 0 Å². The predicted octanol–water partition coefficient (Wildman–Crippen LogP) is 5.57. The van der Waals surface area contributed by atoms with Gasteiger partial charge in [-0.3, -0.25) is 9.59 Å². The molecular weight excluding hydrogens is 296 g/mol. The molecule has 0 fully saturated rings. The Bertz CT molecular complexity index is 633. The van der Waals surface area contributed by atoms with E-state index in [1.54, 1.807) is 0 Å². The summed E-state index contributed by atoms with van der Waals surface area (Å²) >= 11 is 0. The van der Waals surface area contributed by atoms with Crippen molar-refractivity contribution in [3.05, 3.63) is 57.7 Å². The molecule has 0 N–H and O–H groups in total. The van der Waals surface area contributed by atoms with Crippen molar-refractivity contribution in [2.75, 3.05) is 0 Å². The standard InChI is InChI=1S/C22H28O2/c1-5-7-9-17-13-19(11-15(3)21(17)23)20-12-16(4)22(24)18(14-20)10-8-6-2/h11-14H,5-10H2,1-4H3/b20-19-. The Kier molecular flexibility index (Phi) is 6.30. The van der Waals surface area contributed by atoms with Crippen molar-refractivity contribution in [1.29, 1.82) is 0 Å². The average molecular weight is 324 g/mol. The maximum atomic E-state index is 12.3. The summed E-state index contributed by atoms with van der Waals surface area (Å²) in [6, 6.07) is 0. The van der Waals surface area contributed by atoms with Gasteiger partial charge in [0.1, 0.15) is 0 Å². The summed E-state index contributed by atoms with van der Waals surface area (Å²) in [4.78, 5) is 24.7. The lowest BCUT2D eigenvalue weighted by Gasteiger charge is -2.18. The van der Waals surface area contributed by atoms with Gasteiger partial charge in [0.25, 0.3) is 0 Å². The van der Waals surface area contributed by atoms with E-state index in [2.05, 4.69) is 13.8 Å². The summed E-state index contributed by atoms with van der Waals surface area (Å²) in [5.41, 5.74) is 5.48. The zero-order valence-electron chi connectivity index (χ0n) is 15.4. The Morgan fingerprint density at radius 2 is 1.04 bits per heavy atom. The van der Waals surface area contributed by atoms with Crippen molar-refractivity contribution in [2.45, 2.75) is 66.2 Å². The molecule has 0 aromatic carbocycles. The van der Waals surface area contributed by atoms with Crippen LogP contribution in [0.25, 0.3) is 0 Å². The normalized spacial score (nSPS) is 21.3. The lowest BCUT2D eigenvalue weighted by atomic mass is 9.85. The number of allylic oxidation sites excluding steroid dienone is 10. The second-order valence-corrected chi connectivity index (χ2v) is 6.77. The second-order valence-electron chi connectivity index (χ2n) is 6.77. The minimum Gasteiger partial charge on any atom is -0.289 e. The van der Waals surface area contributed by atoms with Crippen LogP contribution >= 0.6 is 0 Å². The zero-order valence-corrected chi connectivity index (χ0v) is 15.4. The number of carbonyl (C=O) groups excluding carboxylic acids is 2. The van der Waals surface area contributed by atoms with Gasteiger partial charge in [-0.15, -0.1) is 0 Å². The van der Waals surface area contributed by atoms with Crippen LogP contribution in [-0.4, -0.2) is 11.6 Å². The van der Waals surface area contributed by atoms with Gasteiger partial charge in [0, 0.05) is 11.1 Å². The topological polar surface area (TPSA) is 34.1 Å². The molecule has 0 aliphatic heterocycles. The fourth-order valence-electron chi connectivity index (χ4n) is 3.13. The Morgan fingerprint density at radius 1 is 0.667 bits per heavy atom. The summed E-state index contributed by atoms with van der Waals surface area (Å²) in [6.07, 6.45) is 13.8. The molecule has 2 heteroatoms. The molecule has 0 saturated carbocycles. The molecule has 0 aromatic heterocycles. The zero-order chi connectivity index (χ0) is 17.7. The predicted molar refractivity (Wildman–Crippen MR) is 99.8 cm³/mol.